The van der Waals surface area contributed by atoms with Crippen molar-refractivity contribution in [2.24, 2.45) is 11.8 Å². The van der Waals surface area contributed by atoms with Crippen LogP contribution in [-0.2, 0) is 11.8 Å². The molecule has 10 rings (SSSR count). The van der Waals surface area contributed by atoms with Gasteiger partial charge in [-0.15, -0.1) is 0 Å². The van der Waals surface area contributed by atoms with E-state index in [-0.39, 0.29) is 5.92 Å². The van der Waals surface area contributed by atoms with Gasteiger partial charge in [-0.2, -0.15) is 0 Å². The number of para-hydroxylation sites is 2. The lowest BCUT2D eigenvalue weighted by Gasteiger charge is -2.36. The van der Waals surface area contributed by atoms with Crippen LogP contribution in [0.25, 0.3) is 21.9 Å². The van der Waals surface area contributed by atoms with E-state index in [1.165, 1.54) is 55.3 Å². The van der Waals surface area contributed by atoms with Gasteiger partial charge in [-0.25, -0.2) is 0 Å². The van der Waals surface area contributed by atoms with Crippen LogP contribution in [0.3, 0.4) is 0 Å². The van der Waals surface area contributed by atoms with Gasteiger partial charge >= 0.3 is 0 Å². The lowest BCUT2D eigenvalue weighted by molar-refractivity contribution is 0.478. The highest BCUT2D eigenvalue weighted by Gasteiger charge is 2.48. The largest absolute Gasteiger partial charge is 0.310 e. The molecule has 8 aromatic carbocycles. The summed E-state index contributed by atoms with van der Waals surface area (Å²) in [6.45, 7) is 4.85. The number of rotatable bonds is 10. The first-order chi connectivity index (χ1) is 29.1. The number of fused-ring (bicyclic) bond motifs is 5. The second-order valence-electron chi connectivity index (χ2n) is 16.5. The number of hydrogen-bond donors (Lipinski definition) is 0. The maximum Gasteiger partial charge on any atom is 0.0714 e. The third kappa shape index (κ3) is 6.43. The van der Waals surface area contributed by atoms with E-state index in [0.29, 0.717) is 11.8 Å². The van der Waals surface area contributed by atoms with Crippen LogP contribution in [0.1, 0.15) is 59.6 Å². The van der Waals surface area contributed by atoms with Crippen LogP contribution in [0.15, 0.2) is 224 Å². The number of benzene rings is 8. The van der Waals surface area contributed by atoms with E-state index in [2.05, 4.69) is 237 Å². The maximum absolute atomic E-state index is 2.63. The highest BCUT2D eigenvalue weighted by atomic mass is 15.1. The van der Waals surface area contributed by atoms with Crippen molar-refractivity contribution >= 4 is 27.8 Å². The van der Waals surface area contributed by atoms with Crippen molar-refractivity contribution in [3.8, 4) is 11.1 Å². The molecule has 3 unspecified atom stereocenters. The molecule has 0 saturated heterocycles. The van der Waals surface area contributed by atoms with E-state index < -0.39 is 5.41 Å². The van der Waals surface area contributed by atoms with Gasteiger partial charge in [0.1, 0.15) is 0 Å². The molecular formula is C58H49N. The Bertz CT molecular complexity index is 2710. The molecule has 1 heteroatoms. The molecule has 59 heavy (non-hydrogen) atoms. The number of anilines is 3. The molecule has 0 N–H and O–H groups in total. The van der Waals surface area contributed by atoms with Crippen molar-refractivity contribution in [3.63, 3.8) is 0 Å². The third-order valence-corrected chi connectivity index (χ3v) is 13.0. The Morgan fingerprint density at radius 2 is 1.10 bits per heavy atom. The van der Waals surface area contributed by atoms with E-state index in [1.807, 2.05) is 0 Å². The summed E-state index contributed by atoms with van der Waals surface area (Å²) in [6.07, 6.45) is 9.16. The van der Waals surface area contributed by atoms with Gasteiger partial charge in [0.15, 0.2) is 0 Å². The Morgan fingerprint density at radius 1 is 0.559 bits per heavy atom. The van der Waals surface area contributed by atoms with Crippen molar-refractivity contribution in [1.82, 2.24) is 0 Å². The molecule has 0 radical (unpaired) electrons. The minimum absolute atomic E-state index is 0.255. The van der Waals surface area contributed by atoms with Crippen LogP contribution in [-0.4, -0.2) is 0 Å². The molecule has 3 atom stereocenters. The summed E-state index contributed by atoms with van der Waals surface area (Å²) in [6, 6.07) is 74.3. The molecule has 1 nitrogen and oxygen atoms in total. The molecule has 0 heterocycles. The Morgan fingerprint density at radius 3 is 1.69 bits per heavy atom. The average Bonchev–Trinajstić information content (AvgIpc) is 3.60. The van der Waals surface area contributed by atoms with Crippen LogP contribution >= 0.6 is 0 Å². The highest BCUT2D eigenvalue weighted by molar-refractivity contribution is 6.06. The second kappa shape index (κ2) is 15.6. The number of nitrogens with zero attached hydrogens (tertiary/aromatic N) is 1. The van der Waals surface area contributed by atoms with Gasteiger partial charge in [-0.1, -0.05) is 201 Å². The Kier molecular flexibility index (Phi) is 9.67. The number of hydrogen-bond acceptors (Lipinski definition) is 1. The van der Waals surface area contributed by atoms with Crippen molar-refractivity contribution in [1.29, 1.82) is 0 Å². The molecular weight excluding hydrogens is 711 g/mol. The summed E-state index contributed by atoms with van der Waals surface area (Å²) < 4.78 is 0. The van der Waals surface area contributed by atoms with E-state index in [1.54, 1.807) is 5.57 Å². The van der Waals surface area contributed by atoms with Crippen LogP contribution < -0.4 is 4.90 Å². The molecule has 0 fully saturated rings. The minimum atomic E-state index is -0.572. The lowest BCUT2D eigenvalue weighted by Crippen LogP contribution is -2.29. The zero-order valence-corrected chi connectivity index (χ0v) is 33.9. The fraction of sp³-hybridized carbons (Fsp3) is 0.138. The van der Waals surface area contributed by atoms with Crippen molar-refractivity contribution < 1.29 is 0 Å². The van der Waals surface area contributed by atoms with Gasteiger partial charge in [0.2, 0.25) is 0 Å². The maximum atomic E-state index is 2.63. The standard InChI is InChI=1S/C58H49N/c1-41-21-20-24-44(37-41)53(38-43-22-8-3-9-23-43)42(2)54-40-56-57(51-34-19-18-33-50(51)54)52-36-35-49(59(47-29-14-6-15-30-47)48-31-16-7-17-32-48)39-55(52)58(56,45-25-10-4-11-26-45)46-27-12-5-13-28-46/h3-36,39-42,53H,37-38H2,1-2H3. The summed E-state index contributed by atoms with van der Waals surface area (Å²) in [5.41, 5.74) is 15.0. The molecule has 0 saturated carbocycles. The summed E-state index contributed by atoms with van der Waals surface area (Å²) in [5, 5.41) is 2.67. The fourth-order valence-electron chi connectivity index (χ4n) is 10.3. The molecule has 0 bridgehead atoms. The third-order valence-electron chi connectivity index (χ3n) is 13.0. The van der Waals surface area contributed by atoms with Crippen LogP contribution in [0.2, 0.25) is 0 Å². The van der Waals surface area contributed by atoms with Crippen molar-refractivity contribution in [2.75, 3.05) is 4.90 Å². The van der Waals surface area contributed by atoms with Crippen LogP contribution in [0.5, 0.6) is 0 Å². The first-order valence-corrected chi connectivity index (χ1v) is 21.2. The SMILES string of the molecule is CC1C=CC=C(C(Cc2ccccc2)C(C)c2cc3c(c4ccccc24)-c2ccc(N(c4ccccc4)c4ccccc4)cc2C3(c2ccccc2)c2ccccc2)C1. The molecule has 2 aliphatic carbocycles. The molecule has 0 spiro atoms. The van der Waals surface area contributed by atoms with Gasteiger partial charge in [0.25, 0.3) is 0 Å². The lowest BCUT2D eigenvalue weighted by atomic mass is 9.66. The topological polar surface area (TPSA) is 3.24 Å². The van der Waals surface area contributed by atoms with Crippen molar-refractivity contribution in [3.05, 3.63) is 257 Å². The van der Waals surface area contributed by atoms with E-state index >= 15 is 0 Å². The predicted molar refractivity (Wildman–Crippen MR) is 249 cm³/mol. The zero-order valence-electron chi connectivity index (χ0n) is 33.9. The highest BCUT2D eigenvalue weighted by Crippen LogP contribution is 2.60. The summed E-state index contributed by atoms with van der Waals surface area (Å²) in [7, 11) is 0. The van der Waals surface area contributed by atoms with E-state index in [0.717, 1.165) is 29.9 Å². The fourth-order valence-corrected chi connectivity index (χ4v) is 10.3. The van der Waals surface area contributed by atoms with E-state index in [4.69, 9.17) is 0 Å². The van der Waals surface area contributed by atoms with Gasteiger partial charge in [0.05, 0.1) is 5.41 Å². The molecule has 0 amide bonds. The summed E-state index contributed by atoms with van der Waals surface area (Å²) in [4.78, 5) is 2.40. The smallest absolute Gasteiger partial charge is 0.0714 e. The molecule has 0 aromatic heterocycles. The normalized spacial score (nSPS) is 16.2. The van der Waals surface area contributed by atoms with E-state index in [9.17, 15) is 0 Å². The minimum Gasteiger partial charge on any atom is -0.310 e. The Hall–Kier alpha value is -6.70. The monoisotopic (exact) mass is 759 g/mol. The van der Waals surface area contributed by atoms with Crippen molar-refractivity contribution in [2.45, 2.75) is 38.0 Å². The zero-order chi connectivity index (χ0) is 39.8. The first-order valence-electron chi connectivity index (χ1n) is 21.2. The van der Waals surface area contributed by atoms with Gasteiger partial charge in [0, 0.05) is 17.1 Å². The summed E-state index contributed by atoms with van der Waals surface area (Å²) >= 11 is 0. The molecule has 286 valence electrons. The first kappa shape index (κ1) is 36.6. The second-order valence-corrected chi connectivity index (χ2v) is 16.5. The summed E-state index contributed by atoms with van der Waals surface area (Å²) in [5.74, 6) is 1.12. The van der Waals surface area contributed by atoms with Gasteiger partial charge in [-0.05, 0) is 122 Å². The van der Waals surface area contributed by atoms with Gasteiger partial charge < -0.3 is 4.90 Å². The Balaban J connectivity index is 1.26. The van der Waals surface area contributed by atoms with Crippen LogP contribution in [0, 0.1) is 11.8 Å². The van der Waals surface area contributed by atoms with Crippen LogP contribution in [0.4, 0.5) is 17.1 Å². The molecule has 8 aromatic rings. The molecule has 0 aliphatic heterocycles. The van der Waals surface area contributed by atoms with Gasteiger partial charge in [-0.3, -0.25) is 0 Å². The average molecular weight is 760 g/mol. The predicted octanol–water partition coefficient (Wildman–Crippen LogP) is 15.2. The Labute approximate surface area is 349 Å². The molecule has 2 aliphatic rings. The quantitative estimate of drug-likeness (QED) is 0.134. The number of allylic oxidation sites excluding steroid dienone is 4.